The van der Waals surface area contributed by atoms with Gasteiger partial charge in [0.25, 0.3) is 0 Å². The normalized spacial score (nSPS) is 9.90. The lowest BCUT2D eigenvalue weighted by Gasteiger charge is -2.06. The number of amides is 1. The Bertz CT molecular complexity index is 428. The second-order valence-corrected chi connectivity index (χ2v) is 4.37. The highest BCUT2D eigenvalue weighted by Crippen LogP contribution is 2.10. The van der Waals surface area contributed by atoms with Gasteiger partial charge in [0, 0.05) is 6.54 Å². The summed E-state index contributed by atoms with van der Waals surface area (Å²) < 4.78 is 9.90. The Morgan fingerprint density at radius 1 is 1.15 bits per heavy atom. The molecule has 110 valence electrons. The zero-order chi connectivity index (χ0) is 14.8. The second-order valence-electron chi connectivity index (χ2n) is 4.37. The van der Waals surface area contributed by atoms with Gasteiger partial charge in [0.15, 0.2) is 0 Å². The SMILES string of the molecule is CCCCCOC(=O)C(=O)NCc1ccc(OC)cc1. The molecule has 0 bridgehead atoms. The van der Waals surface area contributed by atoms with Crippen LogP contribution in [-0.2, 0) is 20.9 Å². The Morgan fingerprint density at radius 2 is 1.85 bits per heavy atom. The lowest BCUT2D eigenvalue weighted by molar-refractivity contribution is -0.155. The molecule has 0 saturated heterocycles. The molecule has 0 radical (unpaired) electrons. The maximum atomic E-state index is 11.5. The number of methoxy groups -OCH3 is 1. The quantitative estimate of drug-likeness (QED) is 0.471. The maximum absolute atomic E-state index is 11.5. The summed E-state index contributed by atoms with van der Waals surface area (Å²) in [6, 6.07) is 7.24. The molecule has 20 heavy (non-hydrogen) atoms. The van der Waals surface area contributed by atoms with Crippen molar-refractivity contribution >= 4 is 11.9 Å². The number of esters is 1. The van der Waals surface area contributed by atoms with Crippen molar-refractivity contribution in [1.29, 1.82) is 0 Å². The molecule has 1 N–H and O–H groups in total. The van der Waals surface area contributed by atoms with Gasteiger partial charge in [-0.3, -0.25) is 4.79 Å². The Kier molecular flexibility index (Phi) is 7.17. The van der Waals surface area contributed by atoms with Crippen molar-refractivity contribution in [3.8, 4) is 5.75 Å². The summed E-state index contributed by atoms with van der Waals surface area (Å²) in [6.45, 7) is 2.64. The van der Waals surface area contributed by atoms with Crippen molar-refractivity contribution in [2.75, 3.05) is 13.7 Å². The molecule has 5 heteroatoms. The first-order valence-corrected chi connectivity index (χ1v) is 6.75. The molecule has 0 atom stereocenters. The van der Waals surface area contributed by atoms with Crippen molar-refractivity contribution in [1.82, 2.24) is 5.32 Å². The van der Waals surface area contributed by atoms with E-state index in [2.05, 4.69) is 12.2 Å². The minimum Gasteiger partial charge on any atom is -0.497 e. The van der Waals surface area contributed by atoms with Crippen molar-refractivity contribution in [2.45, 2.75) is 32.7 Å². The number of rotatable bonds is 7. The van der Waals surface area contributed by atoms with Gasteiger partial charge in [0.1, 0.15) is 5.75 Å². The third kappa shape index (κ3) is 5.73. The van der Waals surface area contributed by atoms with Crippen LogP contribution in [0.25, 0.3) is 0 Å². The fourth-order valence-corrected chi connectivity index (χ4v) is 1.58. The van der Waals surface area contributed by atoms with Gasteiger partial charge in [0.2, 0.25) is 0 Å². The number of ether oxygens (including phenoxy) is 2. The third-order valence-corrected chi connectivity index (χ3v) is 2.78. The highest BCUT2D eigenvalue weighted by molar-refractivity contribution is 6.32. The molecule has 0 saturated carbocycles. The van der Waals surface area contributed by atoms with E-state index in [1.54, 1.807) is 19.2 Å². The van der Waals surface area contributed by atoms with E-state index in [1.807, 2.05) is 12.1 Å². The zero-order valence-electron chi connectivity index (χ0n) is 12.0. The molecular formula is C15H21NO4. The first-order valence-electron chi connectivity index (χ1n) is 6.75. The summed E-state index contributed by atoms with van der Waals surface area (Å²) in [7, 11) is 1.59. The molecule has 1 aromatic rings. The van der Waals surface area contributed by atoms with Crippen LogP contribution >= 0.6 is 0 Å². The number of carbonyl (C=O) groups is 2. The molecule has 0 aliphatic carbocycles. The van der Waals surface area contributed by atoms with Crippen LogP contribution in [0.3, 0.4) is 0 Å². The van der Waals surface area contributed by atoms with Gasteiger partial charge in [-0.25, -0.2) is 4.79 Å². The number of unbranched alkanes of at least 4 members (excludes halogenated alkanes) is 2. The lowest BCUT2D eigenvalue weighted by Crippen LogP contribution is -2.32. The van der Waals surface area contributed by atoms with Crippen molar-refractivity contribution in [3.63, 3.8) is 0 Å². The van der Waals surface area contributed by atoms with Gasteiger partial charge < -0.3 is 14.8 Å². The number of benzene rings is 1. The van der Waals surface area contributed by atoms with Crippen molar-refractivity contribution in [2.24, 2.45) is 0 Å². The van der Waals surface area contributed by atoms with Crippen LogP contribution in [0.15, 0.2) is 24.3 Å². The molecule has 0 aromatic heterocycles. The van der Waals surface area contributed by atoms with Gasteiger partial charge in [-0.1, -0.05) is 31.9 Å². The Morgan fingerprint density at radius 3 is 2.45 bits per heavy atom. The summed E-state index contributed by atoms with van der Waals surface area (Å²) in [5.41, 5.74) is 0.887. The molecule has 5 nitrogen and oxygen atoms in total. The second kappa shape index (κ2) is 8.96. The first-order chi connectivity index (χ1) is 9.67. The summed E-state index contributed by atoms with van der Waals surface area (Å²) in [5.74, 6) is -0.789. The number of nitrogens with one attached hydrogen (secondary N) is 1. The fourth-order valence-electron chi connectivity index (χ4n) is 1.58. The number of carbonyl (C=O) groups excluding carboxylic acids is 2. The van der Waals surface area contributed by atoms with Crippen LogP contribution < -0.4 is 10.1 Å². The van der Waals surface area contributed by atoms with E-state index in [-0.39, 0.29) is 6.54 Å². The summed E-state index contributed by atoms with van der Waals surface area (Å²) >= 11 is 0. The Balaban J connectivity index is 2.29. The molecule has 0 unspecified atom stereocenters. The van der Waals surface area contributed by atoms with Crippen LogP contribution in [0.4, 0.5) is 0 Å². The van der Waals surface area contributed by atoms with E-state index in [1.165, 1.54) is 0 Å². The van der Waals surface area contributed by atoms with Gasteiger partial charge in [-0.05, 0) is 24.1 Å². The molecule has 1 rings (SSSR count). The van der Waals surface area contributed by atoms with E-state index in [0.29, 0.717) is 6.61 Å². The van der Waals surface area contributed by atoms with E-state index < -0.39 is 11.9 Å². The van der Waals surface area contributed by atoms with Crippen molar-refractivity contribution in [3.05, 3.63) is 29.8 Å². The van der Waals surface area contributed by atoms with Crippen molar-refractivity contribution < 1.29 is 19.1 Å². The van der Waals surface area contributed by atoms with Crippen LogP contribution in [0.5, 0.6) is 5.75 Å². The van der Waals surface area contributed by atoms with Gasteiger partial charge in [-0.2, -0.15) is 0 Å². The molecule has 1 aromatic carbocycles. The topological polar surface area (TPSA) is 64.6 Å². The minimum absolute atomic E-state index is 0.285. The molecule has 0 spiro atoms. The van der Waals surface area contributed by atoms with Gasteiger partial charge in [-0.15, -0.1) is 0 Å². The molecule has 0 aliphatic heterocycles. The first kappa shape index (κ1) is 16.0. The average molecular weight is 279 g/mol. The third-order valence-electron chi connectivity index (χ3n) is 2.78. The Hall–Kier alpha value is -2.04. The van der Waals surface area contributed by atoms with Gasteiger partial charge in [0.05, 0.1) is 13.7 Å². The fraction of sp³-hybridized carbons (Fsp3) is 0.467. The largest absolute Gasteiger partial charge is 0.497 e. The molecule has 0 aliphatic rings. The number of hydrogen-bond donors (Lipinski definition) is 1. The summed E-state index contributed by atoms with van der Waals surface area (Å²) in [6.07, 6.45) is 2.82. The summed E-state index contributed by atoms with van der Waals surface area (Å²) in [4.78, 5) is 22.9. The molecule has 0 fully saturated rings. The van der Waals surface area contributed by atoms with E-state index in [9.17, 15) is 9.59 Å². The smallest absolute Gasteiger partial charge is 0.396 e. The molecular weight excluding hydrogens is 258 g/mol. The molecule has 1 amide bonds. The van der Waals surface area contributed by atoms with Crippen LogP contribution in [0, 0.1) is 0 Å². The monoisotopic (exact) mass is 279 g/mol. The highest BCUT2D eigenvalue weighted by Gasteiger charge is 2.14. The van der Waals surface area contributed by atoms with E-state index in [0.717, 1.165) is 30.6 Å². The standard InChI is InChI=1S/C15H21NO4/c1-3-4-5-10-20-15(18)14(17)16-11-12-6-8-13(19-2)9-7-12/h6-9H,3-5,10-11H2,1-2H3,(H,16,17). The predicted octanol–water partition coefficient (Wildman–Crippen LogP) is 2.04. The average Bonchev–Trinajstić information content (AvgIpc) is 2.49. The van der Waals surface area contributed by atoms with E-state index >= 15 is 0 Å². The Labute approximate surface area is 119 Å². The number of hydrogen-bond acceptors (Lipinski definition) is 4. The van der Waals surface area contributed by atoms with Crippen LogP contribution in [0.1, 0.15) is 31.7 Å². The van der Waals surface area contributed by atoms with Crippen LogP contribution in [-0.4, -0.2) is 25.6 Å². The van der Waals surface area contributed by atoms with E-state index in [4.69, 9.17) is 9.47 Å². The predicted molar refractivity (Wildman–Crippen MR) is 75.3 cm³/mol. The highest BCUT2D eigenvalue weighted by atomic mass is 16.5. The maximum Gasteiger partial charge on any atom is 0.396 e. The minimum atomic E-state index is -0.824. The lowest BCUT2D eigenvalue weighted by atomic mass is 10.2. The zero-order valence-corrected chi connectivity index (χ0v) is 12.0. The molecule has 0 heterocycles. The van der Waals surface area contributed by atoms with Gasteiger partial charge >= 0.3 is 11.9 Å². The summed E-state index contributed by atoms with van der Waals surface area (Å²) in [5, 5.41) is 2.52. The van der Waals surface area contributed by atoms with Crippen LogP contribution in [0.2, 0.25) is 0 Å².